The largest absolute Gasteiger partial charge is 0.379 e. The van der Waals surface area contributed by atoms with Crippen molar-refractivity contribution < 1.29 is 14.3 Å². The summed E-state index contributed by atoms with van der Waals surface area (Å²) < 4.78 is 7.15. The van der Waals surface area contributed by atoms with Crippen molar-refractivity contribution >= 4 is 35.2 Å². The Labute approximate surface area is 167 Å². The number of carbonyl (C=O) groups excluding carboxylic acids is 2. The molecular weight excluding hydrogens is 374 g/mol. The molecule has 5 rings (SSSR count). The molecule has 2 amide bonds. The Hall–Kier alpha value is -2.98. The van der Waals surface area contributed by atoms with Crippen LogP contribution in [0.3, 0.4) is 0 Å². The lowest BCUT2D eigenvalue weighted by molar-refractivity contribution is -0.124. The monoisotopic (exact) mass is 397 g/mol. The molecule has 4 heterocycles. The minimum atomic E-state index is -0.357. The van der Waals surface area contributed by atoms with E-state index in [1.54, 1.807) is 16.8 Å². The molecule has 3 fully saturated rings. The summed E-state index contributed by atoms with van der Waals surface area (Å²) in [6.07, 6.45) is 5.94. The van der Waals surface area contributed by atoms with Gasteiger partial charge in [-0.1, -0.05) is 0 Å². The third-order valence-corrected chi connectivity index (χ3v) is 5.28. The number of aromatic nitrogens is 3. The zero-order valence-corrected chi connectivity index (χ0v) is 16.0. The molecule has 2 aliphatic heterocycles. The highest BCUT2D eigenvalue weighted by Crippen LogP contribution is 2.30. The molecule has 0 atom stereocenters. The molecule has 3 N–H and O–H groups in total. The molecule has 29 heavy (non-hydrogen) atoms. The van der Waals surface area contributed by atoms with Crippen LogP contribution in [0.15, 0.2) is 17.8 Å². The fourth-order valence-corrected chi connectivity index (χ4v) is 3.48. The van der Waals surface area contributed by atoms with Crippen LogP contribution in [-0.2, 0) is 14.3 Å². The van der Waals surface area contributed by atoms with E-state index in [1.165, 1.54) is 12.8 Å². The Balaban J connectivity index is 1.49. The Morgan fingerprint density at radius 1 is 1.28 bits per heavy atom. The van der Waals surface area contributed by atoms with Gasteiger partial charge in [-0.15, -0.1) is 0 Å². The molecule has 0 spiro atoms. The lowest BCUT2D eigenvalue weighted by atomic mass is 10.1. The normalized spacial score (nSPS) is 21.7. The number of morpholine rings is 1. The van der Waals surface area contributed by atoms with Crippen LogP contribution >= 0.6 is 0 Å². The zero-order valence-electron chi connectivity index (χ0n) is 16.0. The second kappa shape index (κ2) is 7.45. The highest BCUT2D eigenvalue weighted by atomic mass is 16.5. The molecule has 0 radical (unpaired) electrons. The SMILES string of the molecule is O=C1C/C(=C\c2cnn3c(NCC4CC4)cc(NN4CCOCC4)nc23)C(=O)N1. The number of carbonyl (C=O) groups is 2. The molecule has 2 aromatic heterocycles. The summed E-state index contributed by atoms with van der Waals surface area (Å²) in [6, 6.07) is 1.95. The number of hydrogen-bond donors (Lipinski definition) is 3. The van der Waals surface area contributed by atoms with Gasteiger partial charge in [0, 0.05) is 36.8 Å². The number of hydrogen-bond acceptors (Lipinski definition) is 8. The van der Waals surface area contributed by atoms with Gasteiger partial charge < -0.3 is 15.5 Å². The van der Waals surface area contributed by atoms with Crippen LogP contribution in [0.25, 0.3) is 11.7 Å². The van der Waals surface area contributed by atoms with Gasteiger partial charge in [0.2, 0.25) is 5.91 Å². The van der Waals surface area contributed by atoms with Crippen LogP contribution < -0.4 is 16.1 Å². The molecule has 0 unspecified atom stereocenters. The predicted molar refractivity (Wildman–Crippen MR) is 106 cm³/mol. The van der Waals surface area contributed by atoms with Crippen molar-refractivity contribution in [2.45, 2.75) is 19.3 Å². The summed E-state index contributed by atoms with van der Waals surface area (Å²) >= 11 is 0. The first-order valence-corrected chi connectivity index (χ1v) is 9.92. The first-order valence-electron chi connectivity index (χ1n) is 9.92. The van der Waals surface area contributed by atoms with Crippen LogP contribution in [0.4, 0.5) is 11.6 Å². The molecule has 0 aromatic carbocycles. The minimum Gasteiger partial charge on any atom is -0.379 e. The van der Waals surface area contributed by atoms with Gasteiger partial charge in [-0.05, 0) is 24.8 Å². The lowest BCUT2D eigenvalue weighted by Crippen LogP contribution is -2.40. The number of rotatable bonds is 6. The van der Waals surface area contributed by atoms with Crippen molar-refractivity contribution in [3.05, 3.63) is 23.4 Å². The van der Waals surface area contributed by atoms with Crippen LogP contribution in [0, 0.1) is 5.92 Å². The number of hydrazine groups is 1. The van der Waals surface area contributed by atoms with Crippen LogP contribution in [0.5, 0.6) is 0 Å². The molecule has 10 nitrogen and oxygen atoms in total. The molecule has 1 saturated carbocycles. The smallest absolute Gasteiger partial charge is 0.254 e. The number of amides is 2. The fourth-order valence-electron chi connectivity index (χ4n) is 3.48. The van der Waals surface area contributed by atoms with E-state index in [0.717, 1.165) is 25.5 Å². The van der Waals surface area contributed by atoms with Gasteiger partial charge >= 0.3 is 0 Å². The van der Waals surface area contributed by atoms with E-state index in [1.807, 2.05) is 6.07 Å². The van der Waals surface area contributed by atoms with E-state index >= 15 is 0 Å². The summed E-state index contributed by atoms with van der Waals surface area (Å²) in [5.74, 6) is 1.61. The first kappa shape index (κ1) is 18.1. The third-order valence-electron chi connectivity index (χ3n) is 5.28. The second-order valence-corrected chi connectivity index (χ2v) is 7.62. The standard InChI is InChI=1S/C19H23N7O3/c27-17-8-13(19(28)23-17)7-14-11-21-26-16(20-10-12-1-2-12)9-15(22-18(14)26)24-25-3-5-29-6-4-25/h7,9,11-12,20H,1-6,8,10H2,(H,22,24)(H,23,27,28)/b13-7+. The van der Waals surface area contributed by atoms with E-state index in [-0.39, 0.29) is 18.2 Å². The molecule has 10 heteroatoms. The third kappa shape index (κ3) is 3.94. The number of imide groups is 1. The van der Waals surface area contributed by atoms with Crippen LogP contribution in [0.2, 0.25) is 0 Å². The van der Waals surface area contributed by atoms with Gasteiger partial charge in [0.1, 0.15) is 11.6 Å². The fraction of sp³-hybridized carbons (Fsp3) is 0.474. The lowest BCUT2D eigenvalue weighted by Gasteiger charge is -2.27. The van der Waals surface area contributed by atoms with Gasteiger partial charge in [0.15, 0.2) is 5.65 Å². The Morgan fingerprint density at radius 2 is 2.10 bits per heavy atom. The zero-order chi connectivity index (χ0) is 19.8. The summed E-state index contributed by atoms with van der Waals surface area (Å²) in [6.45, 7) is 3.79. The maximum atomic E-state index is 11.9. The highest BCUT2D eigenvalue weighted by Gasteiger charge is 2.25. The maximum absolute atomic E-state index is 11.9. The second-order valence-electron chi connectivity index (χ2n) is 7.62. The van der Waals surface area contributed by atoms with E-state index in [9.17, 15) is 9.59 Å². The van der Waals surface area contributed by atoms with Crippen LogP contribution in [0.1, 0.15) is 24.8 Å². The van der Waals surface area contributed by atoms with Crippen molar-refractivity contribution in [2.75, 3.05) is 43.6 Å². The number of nitrogens with one attached hydrogen (secondary N) is 3. The number of anilines is 2. The van der Waals surface area contributed by atoms with Crippen molar-refractivity contribution in [3.63, 3.8) is 0 Å². The van der Waals surface area contributed by atoms with Crippen molar-refractivity contribution in [1.82, 2.24) is 24.9 Å². The van der Waals surface area contributed by atoms with Gasteiger partial charge in [-0.25, -0.2) is 9.99 Å². The molecule has 0 bridgehead atoms. The van der Waals surface area contributed by atoms with E-state index in [4.69, 9.17) is 9.72 Å². The van der Waals surface area contributed by atoms with E-state index in [2.05, 4.69) is 26.2 Å². The quantitative estimate of drug-likeness (QED) is 0.481. The van der Waals surface area contributed by atoms with Crippen LogP contribution in [-0.4, -0.2) is 64.3 Å². The topological polar surface area (TPSA) is 113 Å². The number of fused-ring (bicyclic) bond motifs is 1. The predicted octanol–water partition coefficient (Wildman–Crippen LogP) is 0.640. The number of ether oxygens (including phenoxy) is 1. The van der Waals surface area contributed by atoms with Gasteiger partial charge in [-0.3, -0.25) is 14.9 Å². The Bertz CT molecular complexity index is 989. The van der Waals surface area contributed by atoms with Crippen molar-refractivity contribution in [2.24, 2.45) is 5.92 Å². The minimum absolute atomic E-state index is 0.0781. The average Bonchev–Trinajstić information content (AvgIpc) is 3.38. The van der Waals surface area contributed by atoms with Crippen molar-refractivity contribution in [1.29, 1.82) is 0 Å². The Morgan fingerprint density at radius 3 is 2.83 bits per heavy atom. The number of nitrogens with zero attached hydrogens (tertiary/aromatic N) is 4. The van der Waals surface area contributed by atoms with Crippen molar-refractivity contribution in [3.8, 4) is 0 Å². The Kier molecular flexibility index (Phi) is 4.64. The van der Waals surface area contributed by atoms with E-state index < -0.39 is 0 Å². The average molecular weight is 397 g/mol. The van der Waals surface area contributed by atoms with Gasteiger partial charge in [0.25, 0.3) is 5.91 Å². The summed E-state index contributed by atoms with van der Waals surface area (Å²) in [5.41, 5.74) is 5.10. The molecule has 2 saturated heterocycles. The summed E-state index contributed by atoms with van der Waals surface area (Å²) in [7, 11) is 0. The molecule has 152 valence electrons. The van der Waals surface area contributed by atoms with Gasteiger partial charge in [0.05, 0.1) is 25.8 Å². The summed E-state index contributed by atoms with van der Waals surface area (Å²) in [4.78, 5) is 28.2. The molecule has 1 aliphatic carbocycles. The van der Waals surface area contributed by atoms with E-state index in [0.29, 0.717) is 41.7 Å². The summed E-state index contributed by atoms with van der Waals surface area (Å²) in [5, 5.41) is 12.3. The van der Waals surface area contributed by atoms with Gasteiger partial charge in [-0.2, -0.15) is 9.61 Å². The highest BCUT2D eigenvalue weighted by molar-refractivity contribution is 6.15. The molecular formula is C19H23N7O3. The maximum Gasteiger partial charge on any atom is 0.254 e. The first-order chi connectivity index (χ1) is 14.2. The molecule has 2 aromatic rings. The molecule has 3 aliphatic rings.